The van der Waals surface area contributed by atoms with Gasteiger partial charge in [-0.15, -0.1) is 0 Å². The standard InChI is InChI=1S/C30H48O4Si/c1-23(18-19-26(31)25-16-12-9-13-17-25)27(34-35(6,7)29(2,3)4)20-28-30(5,33-28)22-32-21-24-14-10-8-11-15-24/h8,10-11,14-16,18,26-28,31H,9,12-13,17,19-22H2,1-7H3/b23-18+/t26?,27-,28+,30+/m1/s1. The normalized spacial score (nSPS) is 25.2. The first-order chi connectivity index (χ1) is 16.4. The van der Waals surface area contributed by atoms with Crippen LogP contribution in [0, 0.1) is 0 Å². The van der Waals surface area contributed by atoms with E-state index in [9.17, 15) is 5.11 Å². The van der Waals surface area contributed by atoms with Gasteiger partial charge < -0.3 is 19.0 Å². The van der Waals surface area contributed by atoms with E-state index in [0.29, 0.717) is 19.6 Å². The predicted molar refractivity (Wildman–Crippen MR) is 147 cm³/mol. The highest BCUT2D eigenvalue weighted by molar-refractivity contribution is 6.74. The average molecular weight is 501 g/mol. The highest BCUT2D eigenvalue weighted by atomic mass is 28.4. The van der Waals surface area contributed by atoms with Crippen molar-refractivity contribution in [1.29, 1.82) is 0 Å². The number of hydrogen-bond donors (Lipinski definition) is 1. The number of aliphatic hydroxyl groups excluding tert-OH is 1. The maximum atomic E-state index is 10.7. The van der Waals surface area contributed by atoms with Gasteiger partial charge in [-0.2, -0.15) is 0 Å². The fourth-order valence-electron chi connectivity index (χ4n) is 4.46. The molecule has 0 spiro atoms. The van der Waals surface area contributed by atoms with Gasteiger partial charge in [0.1, 0.15) is 5.60 Å². The molecule has 196 valence electrons. The molecule has 1 heterocycles. The maximum absolute atomic E-state index is 10.7. The summed E-state index contributed by atoms with van der Waals surface area (Å²) >= 11 is 0. The lowest BCUT2D eigenvalue weighted by atomic mass is 9.93. The summed E-state index contributed by atoms with van der Waals surface area (Å²) in [5, 5.41) is 10.9. The lowest BCUT2D eigenvalue weighted by Crippen LogP contribution is -2.44. The summed E-state index contributed by atoms with van der Waals surface area (Å²) in [6.45, 7) is 16.9. The number of aliphatic hydroxyl groups is 1. The second-order valence-corrected chi connectivity index (χ2v) is 17.0. The van der Waals surface area contributed by atoms with Crippen LogP contribution in [0.25, 0.3) is 0 Å². The highest BCUT2D eigenvalue weighted by Gasteiger charge is 2.54. The van der Waals surface area contributed by atoms with Gasteiger partial charge in [0, 0.05) is 6.42 Å². The Morgan fingerprint density at radius 2 is 1.94 bits per heavy atom. The monoisotopic (exact) mass is 500 g/mol. The minimum absolute atomic E-state index is 0.00984. The number of rotatable bonds is 12. The van der Waals surface area contributed by atoms with E-state index in [2.05, 4.69) is 72.0 Å². The maximum Gasteiger partial charge on any atom is 0.192 e. The van der Waals surface area contributed by atoms with E-state index in [4.69, 9.17) is 13.9 Å². The van der Waals surface area contributed by atoms with E-state index >= 15 is 0 Å². The molecule has 1 aromatic rings. The smallest absolute Gasteiger partial charge is 0.192 e. The van der Waals surface area contributed by atoms with Crippen molar-refractivity contribution in [3.63, 3.8) is 0 Å². The van der Waals surface area contributed by atoms with E-state index in [0.717, 1.165) is 19.3 Å². The Morgan fingerprint density at radius 3 is 2.57 bits per heavy atom. The molecule has 0 saturated carbocycles. The summed E-state index contributed by atoms with van der Waals surface area (Å²) in [5.74, 6) is 0. The third-order valence-corrected chi connectivity index (χ3v) is 12.6. The molecule has 3 rings (SSSR count). The van der Waals surface area contributed by atoms with Crippen molar-refractivity contribution < 1.29 is 19.0 Å². The van der Waals surface area contributed by atoms with Gasteiger partial charge in [0.25, 0.3) is 0 Å². The van der Waals surface area contributed by atoms with Gasteiger partial charge in [-0.25, -0.2) is 0 Å². The Bertz CT molecular complexity index is 870. The van der Waals surface area contributed by atoms with Crippen molar-refractivity contribution in [2.75, 3.05) is 6.61 Å². The highest BCUT2D eigenvalue weighted by Crippen LogP contribution is 2.43. The fourth-order valence-corrected chi connectivity index (χ4v) is 5.81. The predicted octanol–water partition coefficient (Wildman–Crippen LogP) is 7.34. The minimum Gasteiger partial charge on any atom is -0.410 e. The van der Waals surface area contributed by atoms with Crippen molar-refractivity contribution in [2.45, 2.75) is 122 Å². The number of ether oxygens (including phenoxy) is 2. The van der Waals surface area contributed by atoms with Gasteiger partial charge >= 0.3 is 0 Å². The van der Waals surface area contributed by atoms with Crippen LogP contribution in [0.5, 0.6) is 0 Å². The molecule has 0 aromatic heterocycles. The summed E-state index contributed by atoms with van der Waals surface area (Å²) in [5.41, 5.74) is 3.32. The van der Waals surface area contributed by atoms with Crippen LogP contribution in [0.4, 0.5) is 0 Å². The van der Waals surface area contributed by atoms with Crippen molar-refractivity contribution in [3.8, 4) is 0 Å². The largest absolute Gasteiger partial charge is 0.410 e. The summed E-state index contributed by atoms with van der Waals surface area (Å²) < 4.78 is 19.1. The molecule has 4 atom stereocenters. The van der Waals surface area contributed by atoms with Crippen LogP contribution >= 0.6 is 0 Å². The molecule has 0 radical (unpaired) electrons. The molecule has 0 bridgehead atoms. The second-order valence-electron chi connectivity index (χ2n) is 12.2. The zero-order valence-electron chi connectivity index (χ0n) is 23.1. The summed E-state index contributed by atoms with van der Waals surface area (Å²) in [6.07, 6.45) is 10.2. The van der Waals surface area contributed by atoms with E-state index < -0.39 is 8.32 Å². The quantitative estimate of drug-likeness (QED) is 0.185. The van der Waals surface area contributed by atoms with Crippen LogP contribution in [-0.4, -0.2) is 43.9 Å². The molecule has 1 fully saturated rings. The lowest BCUT2D eigenvalue weighted by molar-refractivity contribution is 0.0742. The molecule has 5 heteroatoms. The number of hydrogen-bond acceptors (Lipinski definition) is 4. The molecule has 1 aliphatic carbocycles. The van der Waals surface area contributed by atoms with Gasteiger partial charge in [-0.1, -0.05) is 63.3 Å². The molecule has 1 N–H and O–H groups in total. The van der Waals surface area contributed by atoms with Gasteiger partial charge in [-0.3, -0.25) is 0 Å². The lowest BCUT2D eigenvalue weighted by Gasteiger charge is -2.39. The number of allylic oxidation sites excluding steroid dienone is 1. The number of benzene rings is 1. The van der Waals surface area contributed by atoms with Crippen molar-refractivity contribution in [1.82, 2.24) is 0 Å². The first kappa shape index (κ1) is 28.3. The van der Waals surface area contributed by atoms with E-state index in [1.54, 1.807) is 0 Å². The first-order valence-electron chi connectivity index (χ1n) is 13.4. The molecular formula is C30H48O4Si. The molecule has 1 aromatic carbocycles. The molecule has 4 nitrogen and oxygen atoms in total. The minimum atomic E-state index is -1.98. The number of epoxide rings is 1. The van der Waals surface area contributed by atoms with Crippen LogP contribution < -0.4 is 0 Å². The Balaban J connectivity index is 1.62. The molecule has 1 saturated heterocycles. The zero-order valence-corrected chi connectivity index (χ0v) is 24.1. The second kappa shape index (κ2) is 11.9. The third-order valence-electron chi connectivity index (χ3n) is 8.13. The van der Waals surface area contributed by atoms with Gasteiger partial charge in [0.05, 0.1) is 31.5 Å². The Kier molecular flexibility index (Phi) is 9.61. The molecular weight excluding hydrogens is 452 g/mol. The van der Waals surface area contributed by atoms with Crippen molar-refractivity contribution >= 4 is 8.32 Å². The summed E-state index contributed by atoms with van der Waals surface area (Å²) in [4.78, 5) is 0. The molecule has 35 heavy (non-hydrogen) atoms. The first-order valence-corrected chi connectivity index (χ1v) is 16.3. The summed E-state index contributed by atoms with van der Waals surface area (Å²) in [7, 11) is -1.98. The van der Waals surface area contributed by atoms with Crippen LogP contribution in [0.3, 0.4) is 0 Å². The van der Waals surface area contributed by atoms with Crippen LogP contribution in [0.1, 0.15) is 78.7 Å². The molecule has 2 aliphatic rings. The Hall–Kier alpha value is -1.24. The Labute approximate surface area is 214 Å². The molecule has 0 amide bonds. The third kappa shape index (κ3) is 8.12. The van der Waals surface area contributed by atoms with Crippen LogP contribution in [0.2, 0.25) is 18.1 Å². The van der Waals surface area contributed by atoms with Crippen molar-refractivity contribution in [2.24, 2.45) is 0 Å². The van der Waals surface area contributed by atoms with Gasteiger partial charge in [0.15, 0.2) is 8.32 Å². The van der Waals surface area contributed by atoms with Gasteiger partial charge in [-0.05, 0) is 80.8 Å². The van der Waals surface area contributed by atoms with Crippen LogP contribution in [0.15, 0.2) is 53.6 Å². The topological polar surface area (TPSA) is 51.2 Å². The SMILES string of the molecule is C/C(=C\CC(O)C1=CCCCC1)[C@@H](C[C@@H]1O[C@@]1(C)COCc1ccccc1)O[Si](C)(C)C(C)(C)C. The van der Waals surface area contributed by atoms with E-state index in [-0.39, 0.29) is 29.0 Å². The van der Waals surface area contributed by atoms with Gasteiger partial charge in [0.2, 0.25) is 0 Å². The van der Waals surface area contributed by atoms with E-state index in [1.807, 2.05) is 18.2 Å². The Morgan fingerprint density at radius 1 is 1.23 bits per heavy atom. The molecule has 1 aliphatic heterocycles. The zero-order chi connectivity index (χ0) is 25.7. The average Bonchev–Trinajstić information content (AvgIpc) is 3.45. The van der Waals surface area contributed by atoms with Crippen LogP contribution in [-0.2, 0) is 20.5 Å². The van der Waals surface area contributed by atoms with E-state index in [1.165, 1.54) is 29.6 Å². The summed E-state index contributed by atoms with van der Waals surface area (Å²) in [6, 6.07) is 10.3. The molecule has 1 unspecified atom stereocenters. The fraction of sp³-hybridized carbons (Fsp3) is 0.667. The van der Waals surface area contributed by atoms with Crippen molar-refractivity contribution in [3.05, 3.63) is 59.2 Å².